The topological polar surface area (TPSA) is 96.5 Å². The Hall–Kier alpha value is -3.68. The van der Waals surface area contributed by atoms with E-state index in [2.05, 4.69) is 22.0 Å². The molecule has 0 fully saturated rings. The molecule has 0 bridgehead atoms. The van der Waals surface area contributed by atoms with Crippen LogP contribution < -0.4 is 10.5 Å². The van der Waals surface area contributed by atoms with E-state index in [0.717, 1.165) is 12.0 Å². The molecule has 1 aromatic carbocycles. The summed E-state index contributed by atoms with van der Waals surface area (Å²) in [5, 5.41) is 2.91. The van der Waals surface area contributed by atoms with Crippen LogP contribution in [0, 0.1) is 13.8 Å². The minimum Gasteiger partial charge on any atom is -0.459 e. The first-order valence-electron chi connectivity index (χ1n) is 9.37. The molecular formula is C21H21N5O3. The number of aromatic amines is 1. The van der Waals surface area contributed by atoms with Gasteiger partial charge in [-0.3, -0.25) is 19.6 Å². The van der Waals surface area contributed by atoms with Gasteiger partial charge in [-0.2, -0.15) is 9.50 Å². The summed E-state index contributed by atoms with van der Waals surface area (Å²) in [4.78, 5) is 35.8. The number of amides is 1. The molecule has 0 aliphatic carbocycles. The summed E-state index contributed by atoms with van der Waals surface area (Å²) in [6.45, 7) is 5.81. The predicted molar refractivity (Wildman–Crippen MR) is 108 cm³/mol. The van der Waals surface area contributed by atoms with Gasteiger partial charge in [0.05, 0.1) is 12.8 Å². The molecule has 0 aliphatic heterocycles. The van der Waals surface area contributed by atoms with Crippen LogP contribution in [-0.4, -0.2) is 25.5 Å². The molecule has 8 nitrogen and oxygen atoms in total. The fourth-order valence-corrected chi connectivity index (χ4v) is 3.05. The summed E-state index contributed by atoms with van der Waals surface area (Å²) in [6, 6.07) is 11.3. The molecule has 1 N–H and O–H groups in total. The Balaban J connectivity index is 1.79. The van der Waals surface area contributed by atoms with E-state index in [0.29, 0.717) is 11.3 Å². The Kier molecular flexibility index (Phi) is 4.75. The van der Waals surface area contributed by atoms with E-state index < -0.39 is 0 Å². The molecule has 3 heterocycles. The number of furan rings is 1. The molecule has 0 saturated heterocycles. The van der Waals surface area contributed by atoms with Gasteiger partial charge >= 0.3 is 0 Å². The SMILES string of the molecule is CCc1ccc(CN(C(=O)c2ccco2)c2nc3nc(C)c(C)c(=O)n3[nH]2)cc1. The average Bonchev–Trinajstić information content (AvgIpc) is 3.40. The number of H-pyrrole nitrogens is 1. The van der Waals surface area contributed by atoms with E-state index in [4.69, 9.17) is 4.42 Å². The number of rotatable bonds is 5. The number of hydrogen-bond acceptors (Lipinski definition) is 5. The monoisotopic (exact) mass is 391 g/mol. The molecule has 0 unspecified atom stereocenters. The van der Waals surface area contributed by atoms with Crippen molar-refractivity contribution in [3.05, 3.63) is 81.2 Å². The van der Waals surface area contributed by atoms with Crippen LogP contribution in [0.3, 0.4) is 0 Å². The Morgan fingerprint density at radius 3 is 2.52 bits per heavy atom. The van der Waals surface area contributed by atoms with Crippen LogP contribution in [0.2, 0.25) is 0 Å². The van der Waals surface area contributed by atoms with Crippen molar-refractivity contribution in [2.75, 3.05) is 4.90 Å². The lowest BCUT2D eigenvalue weighted by Crippen LogP contribution is -2.31. The number of aromatic nitrogens is 4. The second-order valence-corrected chi connectivity index (χ2v) is 6.85. The summed E-state index contributed by atoms with van der Waals surface area (Å²) in [6.07, 6.45) is 2.38. The predicted octanol–water partition coefficient (Wildman–Crippen LogP) is 3.04. The van der Waals surface area contributed by atoms with Gasteiger partial charge in [0.2, 0.25) is 5.95 Å². The van der Waals surface area contributed by atoms with E-state index in [1.807, 2.05) is 24.3 Å². The maximum atomic E-state index is 13.1. The number of aryl methyl sites for hydroxylation is 2. The molecule has 0 spiro atoms. The van der Waals surface area contributed by atoms with Gasteiger partial charge in [-0.15, -0.1) is 0 Å². The van der Waals surface area contributed by atoms with Crippen LogP contribution in [-0.2, 0) is 13.0 Å². The molecule has 0 saturated carbocycles. The molecule has 3 aromatic heterocycles. The Bertz CT molecular complexity index is 1220. The van der Waals surface area contributed by atoms with Gasteiger partial charge in [-0.25, -0.2) is 4.98 Å². The summed E-state index contributed by atoms with van der Waals surface area (Å²) in [5.74, 6) is 0.255. The Morgan fingerprint density at radius 2 is 1.86 bits per heavy atom. The zero-order valence-corrected chi connectivity index (χ0v) is 16.5. The van der Waals surface area contributed by atoms with Gasteiger partial charge in [0.1, 0.15) is 0 Å². The summed E-state index contributed by atoms with van der Waals surface area (Å²) in [7, 11) is 0. The molecule has 29 heavy (non-hydrogen) atoms. The van der Waals surface area contributed by atoms with E-state index in [1.165, 1.54) is 21.2 Å². The molecule has 0 atom stereocenters. The highest BCUT2D eigenvalue weighted by atomic mass is 16.3. The molecule has 148 valence electrons. The van der Waals surface area contributed by atoms with Crippen molar-refractivity contribution in [3.63, 3.8) is 0 Å². The fourth-order valence-electron chi connectivity index (χ4n) is 3.05. The molecule has 0 aliphatic rings. The van der Waals surface area contributed by atoms with E-state index in [-0.39, 0.29) is 35.5 Å². The van der Waals surface area contributed by atoms with E-state index in [9.17, 15) is 9.59 Å². The molecular weight excluding hydrogens is 370 g/mol. The zero-order chi connectivity index (χ0) is 20.5. The lowest BCUT2D eigenvalue weighted by Gasteiger charge is -2.18. The third-order valence-electron chi connectivity index (χ3n) is 4.96. The van der Waals surface area contributed by atoms with Crippen LogP contribution in [0.4, 0.5) is 5.95 Å². The standard InChI is InChI=1S/C21H21N5O3/c1-4-15-7-9-16(10-8-15)12-25(19(28)17-6-5-11-29-17)21-23-20-22-14(3)13(2)18(27)26(20)24-21/h5-11H,4,12H2,1-3H3,(H,22,23,24). The van der Waals surface area contributed by atoms with Crippen molar-refractivity contribution < 1.29 is 9.21 Å². The lowest BCUT2D eigenvalue weighted by molar-refractivity contribution is 0.0956. The third kappa shape index (κ3) is 3.44. The molecule has 1 amide bonds. The number of carbonyl (C=O) groups is 1. The van der Waals surface area contributed by atoms with Crippen molar-refractivity contribution in [3.8, 4) is 0 Å². The van der Waals surface area contributed by atoms with Crippen LogP contribution >= 0.6 is 0 Å². The first kappa shape index (κ1) is 18.7. The number of carbonyl (C=O) groups excluding carboxylic acids is 1. The molecule has 4 aromatic rings. The summed E-state index contributed by atoms with van der Waals surface area (Å²) < 4.78 is 6.54. The van der Waals surface area contributed by atoms with Gasteiger partial charge in [0.25, 0.3) is 17.2 Å². The third-order valence-corrected chi connectivity index (χ3v) is 4.96. The van der Waals surface area contributed by atoms with Gasteiger partial charge in [-0.05, 0) is 43.5 Å². The Labute approximate surface area is 166 Å². The number of anilines is 1. The van der Waals surface area contributed by atoms with Gasteiger partial charge in [-0.1, -0.05) is 31.2 Å². The average molecular weight is 391 g/mol. The number of nitrogens with one attached hydrogen (secondary N) is 1. The Morgan fingerprint density at radius 1 is 1.14 bits per heavy atom. The largest absolute Gasteiger partial charge is 0.459 e. The lowest BCUT2D eigenvalue weighted by atomic mass is 10.1. The van der Waals surface area contributed by atoms with Gasteiger partial charge < -0.3 is 4.42 Å². The highest BCUT2D eigenvalue weighted by Crippen LogP contribution is 2.18. The van der Waals surface area contributed by atoms with E-state index >= 15 is 0 Å². The van der Waals surface area contributed by atoms with Crippen molar-refractivity contribution in [1.29, 1.82) is 0 Å². The summed E-state index contributed by atoms with van der Waals surface area (Å²) >= 11 is 0. The van der Waals surface area contributed by atoms with Gasteiger partial charge in [0.15, 0.2) is 5.76 Å². The highest BCUT2D eigenvalue weighted by molar-refractivity contribution is 6.03. The first-order chi connectivity index (χ1) is 14.0. The van der Waals surface area contributed by atoms with Crippen molar-refractivity contribution in [2.45, 2.75) is 33.7 Å². The van der Waals surface area contributed by atoms with Crippen molar-refractivity contribution >= 4 is 17.6 Å². The second kappa shape index (κ2) is 7.38. The number of nitrogens with zero attached hydrogens (tertiary/aromatic N) is 4. The molecule has 4 rings (SSSR count). The van der Waals surface area contributed by atoms with Crippen LogP contribution in [0.25, 0.3) is 5.78 Å². The molecule has 0 radical (unpaired) electrons. The van der Waals surface area contributed by atoms with Crippen LogP contribution in [0.5, 0.6) is 0 Å². The second-order valence-electron chi connectivity index (χ2n) is 6.85. The van der Waals surface area contributed by atoms with Gasteiger partial charge in [0, 0.05) is 11.3 Å². The molecule has 8 heteroatoms. The van der Waals surface area contributed by atoms with E-state index in [1.54, 1.807) is 26.0 Å². The number of hydrogen-bond donors (Lipinski definition) is 1. The maximum absolute atomic E-state index is 13.1. The highest BCUT2D eigenvalue weighted by Gasteiger charge is 2.24. The normalized spacial score (nSPS) is 11.1. The quantitative estimate of drug-likeness (QED) is 0.564. The number of fused-ring (bicyclic) bond motifs is 1. The van der Waals surface area contributed by atoms with Crippen LogP contribution in [0.1, 0.15) is 39.9 Å². The minimum absolute atomic E-state index is 0.184. The minimum atomic E-state index is -0.366. The smallest absolute Gasteiger partial charge is 0.296 e. The fraction of sp³-hybridized carbons (Fsp3) is 0.238. The van der Waals surface area contributed by atoms with Crippen molar-refractivity contribution in [1.82, 2.24) is 19.6 Å². The summed E-state index contributed by atoms with van der Waals surface area (Å²) in [5.41, 5.74) is 3.02. The van der Waals surface area contributed by atoms with Crippen LogP contribution in [0.15, 0.2) is 51.9 Å². The maximum Gasteiger partial charge on any atom is 0.296 e. The van der Waals surface area contributed by atoms with Crippen molar-refractivity contribution in [2.24, 2.45) is 0 Å². The first-order valence-corrected chi connectivity index (χ1v) is 9.37. The number of benzene rings is 1. The zero-order valence-electron chi connectivity index (χ0n) is 16.5.